The van der Waals surface area contributed by atoms with Crippen molar-refractivity contribution in [2.45, 2.75) is 4.90 Å². The Morgan fingerprint density at radius 2 is 1.53 bits per heavy atom. The standard InChI is InChI=1S/C10H8O3S.Al/c11-14(12,13)10-6-5-8-3-1-2-4-9(8)7-10;/h1-7H,(H,11,12,13);. The van der Waals surface area contributed by atoms with Crippen LogP contribution in [0.15, 0.2) is 47.4 Å². The Morgan fingerprint density at radius 3 is 2.13 bits per heavy atom. The van der Waals surface area contributed by atoms with Gasteiger partial charge in [0.15, 0.2) is 0 Å². The maximum Gasteiger partial charge on any atom is 0.294 e. The number of fused-ring (bicyclic) bond motifs is 1. The van der Waals surface area contributed by atoms with Crippen LogP contribution in [0.25, 0.3) is 10.8 Å². The normalized spacial score (nSPS) is 11.0. The second-order valence-corrected chi connectivity index (χ2v) is 4.41. The van der Waals surface area contributed by atoms with E-state index in [1.54, 1.807) is 12.1 Å². The highest BCUT2D eigenvalue weighted by Gasteiger charge is 2.08. The van der Waals surface area contributed by atoms with Gasteiger partial charge in [0.2, 0.25) is 0 Å². The summed E-state index contributed by atoms with van der Waals surface area (Å²) in [6, 6.07) is 11.9. The van der Waals surface area contributed by atoms with Gasteiger partial charge < -0.3 is 0 Å². The lowest BCUT2D eigenvalue weighted by molar-refractivity contribution is 0.483. The van der Waals surface area contributed by atoms with E-state index in [0.717, 1.165) is 10.8 Å². The Bertz CT molecular complexity index is 578. The van der Waals surface area contributed by atoms with E-state index in [-0.39, 0.29) is 22.3 Å². The van der Waals surface area contributed by atoms with Crippen molar-refractivity contribution in [2.75, 3.05) is 0 Å². The third-order valence-electron chi connectivity index (χ3n) is 2.02. The first kappa shape index (κ1) is 12.2. The molecular weight excluding hydrogens is 227 g/mol. The number of rotatable bonds is 1. The smallest absolute Gasteiger partial charge is 0.282 e. The molecule has 0 fully saturated rings. The van der Waals surface area contributed by atoms with Gasteiger partial charge in [-0.2, -0.15) is 8.42 Å². The van der Waals surface area contributed by atoms with Crippen molar-refractivity contribution in [1.82, 2.24) is 0 Å². The molecule has 0 aromatic heterocycles. The minimum atomic E-state index is -4.09. The Hall–Kier alpha value is -0.858. The molecule has 3 radical (unpaired) electrons. The summed E-state index contributed by atoms with van der Waals surface area (Å²) >= 11 is 0. The zero-order valence-electron chi connectivity index (χ0n) is 7.79. The van der Waals surface area contributed by atoms with Crippen LogP contribution >= 0.6 is 0 Å². The van der Waals surface area contributed by atoms with Gasteiger partial charge in [0, 0.05) is 17.4 Å². The molecule has 0 aliphatic rings. The van der Waals surface area contributed by atoms with E-state index in [2.05, 4.69) is 0 Å². The number of hydrogen-bond acceptors (Lipinski definition) is 2. The Balaban J connectivity index is 0.00000112. The summed E-state index contributed by atoms with van der Waals surface area (Å²) in [5.41, 5.74) is 0. The topological polar surface area (TPSA) is 54.4 Å². The molecule has 0 aliphatic carbocycles. The van der Waals surface area contributed by atoms with Crippen LogP contribution in [-0.4, -0.2) is 30.3 Å². The predicted molar refractivity (Wildman–Crippen MR) is 59.5 cm³/mol. The first-order chi connectivity index (χ1) is 6.57. The molecule has 5 heteroatoms. The van der Waals surface area contributed by atoms with Crippen molar-refractivity contribution in [3.8, 4) is 0 Å². The fourth-order valence-corrected chi connectivity index (χ4v) is 1.84. The average molecular weight is 235 g/mol. The minimum Gasteiger partial charge on any atom is -0.282 e. The third kappa shape index (κ3) is 2.58. The summed E-state index contributed by atoms with van der Waals surface area (Å²) in [5.74, 6) is 0. The van der Waals surface area contributed by atoms with Crippen molar-refractivity contribution in [3.05, 3.63) is 42.5 Å². The summed E-state index contributed by atoms with van der Waals surface area (Å²) in [4.78, 5) is -0.0730. The van der Waals surface area contributed by atoms with Gasteiger partial charge in [-0.05, 0) is 22.9 Å². The summed E-state index contributed by atoms with van der Waals surface area (Å²) in [6.07, 6.45) is 0. The Morgan fingerprint density at radius 1 is 0.933 bits per heavy atom. The van der Waals surface area contributed by atoms with Gasteiger partial charge in [-0.1, -0.05) is 30.3 Å². The molecule has 0 unspecified atom stereocenters. The molecule has 0 aliphatic heterocycles. The fourth-order valence-electron chi connectivity index (χ4n) is 1.33. The molecule has 0 heterocycles. The van der Waals surface area contributed by atoms with Crippen LogP contribution in [0.2, 0.25) is 0 Å². The van der Waals surface area contributed by atoms with Gasteiger partial charge in [0.25, 0.3) is 10.1 Å². The van der Waals surface area contributed by atoms with E-state index in [1.807, 2.05) is 18.2 Å². The van der Waals surface area contributed by atoms with Crippen molar-refractivity contribution < 1.29 is 13.0 Å². The second kappa shape index (κ2) is 4.33. The van der Waals surface area contributed by atoms with Crippen LogP contribution < -0.4 is 0 Å². The second-order valence-electron chi connectivity index (χ2n) is 2.98. The quantitative estimate of drug-likeness (QED) is 0.604. The minimum absolute atomic E-state index is 0. The van der Waals surface area contributed by atoms with Gasteiger partial charge in [-0.15, -0.1) is 0 Å². The molecule has 0 spiro atoms. The highest BCUT2D eigenvalue weighted by molar-refractivity contribution is 7.85. The third-order valence-corrected chi connectivity index (χ3v) is 2.87. The predicted octanol–water partition coefficient (Wildman–Crippen LogP) is 1.71. The van der Waals surface area contributed by atoms with Crippen molar-refractivity contribution >= 4 is 38.3 Å². The van der Waals surface area contributed by atoms with Gasteiger partial charge in [0.1, 0.15) is 0 Å². The van der Waals surface area contributed by atoms with Gasteiger partial charge in [-0.25, -0.2) is 0 Å². The van der Waals surface area contributed by atoms with Crippen LogP contribution in [0, 0.1) is 0 Å². The van der Waals surface area contributed by atoms with Gasteiger partial charge in [0.05, 0.1) is 4.90 Å². The van der Waals surface area contributed by atoms with Crippen LogP contribution in [0.5, 0.6) is 0 Å². The van der Waals surface area contributed by atoms with Crippen LogP contribution in [0.1, 0.15) is 0 Å². The van der Waals surface area contributed by atoms with Crippen molar-refractivity contribution in [2.24, 2.45) is 0 Å². The molecule has 0 bridgehead atoms. The fraction of sp³-hybridized carbons (Fsp3) is 0. The van der Waals surface area contributed by atoms with E-state index < -0.39 is 10.1 Å². The van der Waals surface area contributed by atoms with Crippen molar-refractivity contribution in [3.63, 3.8) is 0 Å². The molecule has 75 valence electrons. The molecule has 0 atom stereocenters. The van der Waals surface area contributed by atoms with Crippen LogP contribution in [-0.2, 0) is 10.1 Å². The maximum atomic E-state index is 10.8. The van der Waals surface area contributed by atoms with Gasteiger partial charge >= 0.3 is 0 Å². The summed E-state index contributed by atoms with van der Waals surface area (Å²) in [6.45, 7) is 0. The summed E-state index contributed by atoms with van der Waals surface area (Å²) in [7, 11) is -4.09. The average Bonchev–Trinajstić information content (AvgIpc) is 2.16. The largest absolute Gasteiger partial charge is 0.294 e. The molecule has 1 N–H and O–H groups in total. The summed E-state index contributed by atoms with van der Waals surface area (Å²) in [5, 5.41) is 1.74. The number of benzene rings is 2. The van der Waals surface area contributed by atoms with E-state index in [4.69, 9.17) is 4.55 Å². The molecule has 15 heavy (non-hydrogen) atoms. The zero-order chi connectivity index (χ0) is 10.2. The molecule has 2 aromatic rings. The van der Waals surface area contributed by atoms with Crippen molar-refractivity contribution in [1.29, 1.82) is 0 Å². The molecule has 2 aromatic carbocycles. The molecule has 2 rings (SSSR count). The van der Waals surface area contributed by atoms with E-state index in [9.17, 15) is 8.42 Å². The number of hydrogen-bond donors (Lipinski definition) is 1. The maximum absolute atomic E-state index is 10.8. The van der Waals surface area contributed by atoms with Crippen LogP contribution in [0.3, 0.4) is 0 Å². The molecule has 0 saturated heterocycles. The molecule has 3 nitrogen and oxygen atoms in total. The SMILES string of the molecule is O=S(=O)(O)c1ccc2ccccc2c1.[Al]. The lowest BCUT2D eigenvalue weighted by Gasteiger charge is -1.99. The Kier molecular flexibility index (Phi) is 3.53. The zero-order valence-corrected chi connectivity index (χ0v) is 9.76. The van der Waals surface area contributed by atoms with E-state index >= 15 is 0 Å². The molecular formula is C10H8AlO3S. The molecule has 0 amide bonds. The molecule has 0 saturated carbocycles. The van der Waals surface area contributed by atoms with E-state index in [1.165, 1.54) is 12.1 Å². The van der Waals surface area contributed by atoms with Crippen LogP contribution in [0.4, 0.5) is 0 Å². The monoisotopic (exact) mass is 235 g/mol. The first-order valence-electron chi connectivity index (χ1n) is 4.04. The van der Waals surface area contributed by atoms with Gasteiger partial charge in [-0.3, -0.25) is 4.55 Å². The lowest BCUT2D eigenvalue weighted by atomic mass is 10.1. The summed E-state index contributed by atoms with van der Waals surface area (Å²) < 4.78 is 30.5. The van der Waals surface area contributed by atoms with E-state index in [0.29, 0.717) is 0 Å². The highest BCUT2D eigenvalue weighted by atomic mass is 32.2. The Labute approximate surface area is 98.6 Å². The first-order valence-corrected chi connectivity index (χ1v) is 5.48. The highest BCUT2D eigenvalue weighted by Crippen LogP contribution is 2.18. The lowest BCUT2D eigenvalue weighted by Crippen LogP contribution is -1.97.